The molecular weight excluding hydrogens is 286 g/mol. The number of halogens is 1. The van der Waals surface area contributed by atoms with Gasteiger partial charge in [0.25, 0.3) is 0 Å². The Labute approximate surface area is 108 Å². The first-order valence-corrected chi connectivity index (χ1v) is 5.75. The second kappa shape index (κ2) is 5.18. The fourth-order valence-electron chi connectivity index (χ4n) is 1.06. The predicted molar refractivity (Wildman–Crippen MR) is 71.3 cm³/mol. The van der Waals surface area contributed by atoms with Crippen molar-refractivity contribution in [1.82, 2.24) is 0 Å². The first-order valence-electron chi connectivity index (χ1n) is 4.96. The molecule has 0 aliphatic carbocycles. The number of rotatable bonds is 3. The lowest BCUT2D eigenvalue weighted by Crippen LogP contribution is -2.30. The van der Waals surface area contributed by atoms with Gasteiger partial charge in [-0.1, -0.05) is 15.9 Å². The topological polar surface area (TPSA) is 84.2 Å². The SMILES string of the molecule is CC(C)(Br)C(=O)Nc1ccc(NC(N)=O)cc1. The Kier molecular flexibility index (Phi) is 4.11. The van der Waals surface area contributed by atoms with E-state index in [2.05, 4.69) is 26.6 Å². The molecule has 0 heterocycles. The summed E-state index contributed by atoms with van der Waals surface area (Å²) in [5.74, 6) is -0.145. The summed E-state index contributed by atoms with van der Waals surface area (Å²) in [6, 6.07) is 6.05. The van der Waals surface area contributed by atoms with Crippen molar-refractivity contribution >= 4 is 39.2 Å². The van der Waals surface area contributed by atoms with Crippen LogP contribution in [0.5, 0.6) is 0 Å². The molecule has 0 unspecified atom stereocenters. The standard InChI is InChI=1S/C11H14BrN3O2/c1-11(2,12)9(16)14-7-3-5-8(6-4-7)15-10(13)17/h3-6H,1-2H3,(H,14,16)(H3,13,15,17). The van der Waals surface area contributed by atoms with Gasteiger partial charge >= 0.3 is 6.03 Å². The van der Waals surface area contributed by atoms with Gasteiger partial charge in [-0.2, -0.15) is 0 Å². The van der Waals surface area contributed by atoms with Gasteiger partial charge in [-0.25, -0.2) is 4.79 Å². The number of nitrogens with two attached hydrogens (primary N) is 1. The summed E-state index contributed by atoms with van der Waals surface area (Å²) in [5.41, 5.74) is 6.20. The van der Waals surface area contributed by atoms with E-state index in [-0.39, 0.29) is 5.91 Å². The van der Waals surface area contributed by atoms with Crippen LogP contribution in [0.1, 0.15) is 13.8 Å². The second-order valence-corrected chi connectivity index (χ2v) is 5.98. The summed E-state index contributed by atoms with van der Waals surface area (Å²) in [4.78, 5) is 22.2. The highest BCUT2D eigenvalue weighted by Crippen LogP contribution is 2.20. The van der Waals surface area contributed by atoms with Crippen LogP contribution in [0.3, 0.4) is 0 Å². The van der Waals surface area contributed by atoms with Gasteiger partial charge in [0, 0.05) is 11.4 Å². The molecule has 0 saturated heterocycles. The van der Waals surface area contributed by atoms with Gasteiger partial charge in [-0.05, 0) is 38.1 Å². The third-order valence-electron chi connectivity index (χ3n) is 1.95. The van der Waals surface area contributed by atoms with Crippen molar-refractivity contribution in [2.75, 3.05) is 10.6 Å². The summed E-state index contributed by atoms with van der Waals surface area (Å²) >= 11 is 3.26. The fourth-order valence-corrected chi connectivity index (χ4v) is 1.16. The summed E-state index contributed by atoms with van der Waals surface area (Å²) in [6.07, 6.45) is 0. The number of hydrogen-bond donors (Lipinski definition) is 3. The number of nitrogens with one attached hydrogen (secondary N) is 2. The van der Waals surface area contributed by atoms with Gasteiger partial charge in [0.1, 0.15) is 0 Å². The predicted octanol–water partition coefficient (Wildman–Crippen LogP) is 2.29. The number of hydrogen-bond acceptors (Lipinski definition) is 2. The lowest BCUT2D eigenvalue weighted by atomic mass is 10.2. The number of benzene rings is 1. The van der Waals surface area contributed by atoms with Crippen molar-refractivity contribution in [3.05, 3.63) is 24.3 Å². The molecule has 5 nitrogen and oxygen atoms in total. The van der Waals surface area contributed by atoms with E-state index < -0.39 is 10.4 Å². The molecule has 0 fully saturated rings. The first-order chi connectivity index (χ1) is 7.79. The summed E-state index contributed by atoms with van der Waals surface area (Å²) < 4.78 is -0.628. The van der Waals surface area contributed by atoms with Gasteiger partial charge in [0.05, 0.1) is 4.32 Å². The van der Waals surface area contributed by atoms with Crippen molar-refractivity contribution in [2.45, 2.75) is 18.2 Å². The summed E-state index contributed by atoms with van der Waals surface area (Å²) in [5, 5.41) is 5.17. The van der Waals surface area contributed by atoms with Gasteiger partial charge in [-0.3, -0.25) is 4.79 Å². The van der Waals surface area contributed by atoms with E-state index in [1.807, 2.05) is 0 Å². The van der Waals surface area contributed by atoms with E-state index in [4.69, 9.17) is 5.73 Å². The molecule has 0 radical (unpaired) electrons. The Hall–Kier alpha value is -1.56. The molecule has 0 aliphatic rings. The zero-order chi connectivity index (χ0) is 13.1. The molecule has 0 aromatic heterocycles. The maximum Gasteiger partial charge on any atom is 0.316 e. The highest BCUT2D eigenvalue weighted by molar-refractivity contribution is 9.10. The lowest BCUT2D eigenvalue weighted by molar-refractivity contribution is -0.117. The van der Waals surface area contributed by atoms with Crippen molar-refractivity contribution in [2.24, 2.45) is 5.73 Å². The molecule has 0 aliphatic heterocycles. The number of amides is 3. The van der Waals surface area contributed by atoms with Gasteiger partial charge < -0.3 is 16.4 Å². The van der Waals surface area contributed by atoms with Crippen LogP contribution in [0, 0.1) is 0 Å². The number of urea groups is 1. The molecule has 0 atom stereocenters. The maximum absolute atomic E-state index is 11.6. The van der Waals surface area contributed by atoms with Gasteiger partial charge in [0.2, 0.25) is 5.91 Å². The fraction of sp³-hybridized carbons (Fsp3) is 0.273. The average Bonchev–Trinajstić information content (AvgIpc) is 2.18. The Morgan fingerprint density at radius 1 is 1.12 bits per heavy atom. The van der Waals surface area contributed by atoms with Crippen molar-refractivity contribution in [1.29, 1.82) is 0 Å². The Balaban J connectivity index is 2.69. The number of primary amides is 1. The minimum atomic E-state index is -0.628. The zero-order valence-electron chi connectivity index (χ0n) is 9.58. The normalized spacial score (nSPS) is 10.8. The average molecular weight is 300 g/mol. The minimum absolute atomic E-state index is 0.145. The molecule has 1 rings (SSSR count). The number of alkyl halides is 1. The van der Waals surface area contributed by atoms with E-state index in [1.165, 1.54) is 0 Å². The van der Waals surface area contributed by atoms with E-state index in [0.29, 0.717) is 11.4 Å². The molecule has 0 bridgehead atoms. The highest BCUT2D eigenvalue weighted by Gasteiger charge is 2.23. The van der Waals surface area contributed by atoms with Crippen LogP contribution in [-0.2, 0) is 4.79 Å². The van der Waals surface area contributed by atoms with Gasteiger partial charge in [0.15, 0.2) is 0 Å². The summed E-state index contributed by atoms with van der Waals surface area (Å²) in [7, 11) is 0. The molecule has 17 heavy (non-hydrogen) atoms. The third-order valence-corrected chi connectivity index (χ3v) is 2.31. The van der Waals surface area contributed by atoms with Gasteiger partial charge in [-0.15, -0.1) is 0 Å². The monoisotopic (exact) mass is 299 g/mol. The van der Waals surface area contributed by atoms with E-state index >= 15 is 0 Å². The summed E-state index contributed by atoms with van der Waals surface area (Å²) in [6.45, 7) is 3.51. The van der Waals surface area contributed by atoms with Crippen LogP contribution in [0.15, 0.2) is 24.3 Å². The Morgan fingerprint density at radius 2 is 1.53 bits per heavy atom. The lowest BCUT2D eigenvalue weighted by Gasteiger charge is -2.15. The Morgan fingerprint density at radius 3 is 1.88 bits per heavy atom. The molecule has 3 amide bonds. The minimum Gasteiger partial charge on any atom is -0.351 e. The molecule has 0 saturated carbocycles. The van der Waals surface area contributed by atoms with Crippen LogP contribution >= 0.6 is 15.9 Å². The second-order valence-electron chi connectivity index (χ2n) is 3.99. The van der Waals surface area contributed by atoms with Crippen LogP contribution < -0.4 is 16.4 Å². The zero-order valence-corrected chi connectivity index (χ0v) is 11.2. The maximum atomic E-state index is 11.6. The number of anilines is 2. The van der Waals surface area contributed by atoms with Crippen molar-refractivity contribution in [3.8, 4) is 0 Å². The molecule has 1 aromatic carbocycles. The Bertz CT molecular complexity index is 423. The quantitative estimate of drug-likeness (QED) is 0.748. The van der Waals surface area contributed by atoms with Crippen LogP contribution in [0.4, 0.5) is 16.2 Å². The van der Waals surface area contributed by atoms with E-state index in [1.54, 1.807) is 38.1 Å². The molecule has 92 valence electrons. The van der Waals surface area contributed by atoms with Crippen LogP contribution in [-0.4, -0.2) is 16.3 Å². The molecule has 0 spiro atoms. The smallest absolute Gasteiger partial charge is 0.316 e. The van der Waals surface area contributed by atoms with E-state index in [9.17, 15) is 9.59 Å². The molecular formula is C11H14BrN3O2. The van der Waals surface area contributed by atoms with E-state index in [0.717, 1.165) is 0 Å². The third kappa shape index (κ3) is 4.44. The van der Waals surface area contributed by atoms with Crippen molar-refractivity contribution < 1.29 is 9.59 Å². The first kappa shape index (κ1) is 13.5. The number of carbonyl (C=O) groups is 2. The molecule has 1 aromatic rings. The largest absolute Gasteiger partial charge is 0.351 e. The molecule has 6 heteroatoms. The van der Waals surface area contributed by atoms with Crippen LogP contribution in [0.25, 0.3) is 0 Å². The van der Waals surface area contributed by atoms with Crippen molar-refractivity contribution in [3.63, 3.8) is 0 Å². The number of carbonyl (C=O) groups excluding carboxylic acids is 2. The highest BCUT2D eigenvalue weighted by atomic mass is 79.9. The van der Waals surface area contributed by atoms with Crippen LogP contribution in [0.2, 0.25) is 0 Å². The molecule has 4 N–H and O–H groups in total.